The van der Waals surface area contributed by atoms with Crippen LogP contribution in [0.3, 0.4) is 0 Å². The van der Waals surface area contributed by atoms with Crippen molar-refractivity contribution in [1.29, 1.82) is 0 Å². The molecule has 3 atom stereocenters. The number of amides is 4. The van der Waals surface area contributed by atoms with E-state index in [9.17, 15) is 19.2 Å². The predicted molar refractivity (Wildman–Crippen MR) is 171 cm³/mol. The fourth-order valence-electron chi connectivity index (χ4n) is 5.20. The lowest BCUT2D eigenvalue weighted by molar-refractivity contribution is -0.138. The highest BCUT2D eigenvalue weighted by Gasteiger charge is 2.33. The summed E-state index contributed by atoms with van der Waals surface area (Å²) in [7, 11) is 3.27. The van der Waals surface area contributed by atoms with Crippen molar-refractivity contribution in [2.75, 3.05) is 33.9 Å². The van der Waals surface area contributed by atoms with Crippen LogP contribution in [0.15, 0.2) is 42.5 Å². The van der Waals surface area contributed by atoms with Crippen molar-refractivity contribution in [3.05, 3.63) is 53.6 Å². The molecule has 11 heteroatoms. The first-order valence-corrected chi connectivity index (χ1v) is 15.5. The summed E-state index contributed by atoms with van der Waals surface area (Å²) < 4.78 is 17.3. The second-order valence-corrected chi connectivity index (χ2v) is 12.3. The summed E-state index contributed by atoms with van der Waals surface area (Å²) in [4.78, 5) is 55.6. The molecule has 2 aromatic rings. The third-order valence-electron chi connectivity index (χ3n) is 7.53. The molecule has 4 amide bonds. The number of hydrogen-bond donors (Lipinski definition) is 3. The zero-order valence-electron chi connectivity index (χ0n) is 27.5. The van der Waals surface area contributed by atoms with Crippen LogP contribution in [0, 0.1) is 18.8 Å². The van der Waals surface area contributed by atoms with Gasteiger partial charge in [-0.15, -0.1) is 0 Å². The van der Waals surface area contributed by atoms with Crippen molar-refractivity contribution in [2.45, 2.75) is 72.0 Å². The molecule has 2 aromatic carbocycles. The number of methoxy groups -OCH3 is 1. The van der Waals surface area contributed by atoms with E-state index in [0.717, 1.165) is 5.56 Å². The van der Waals surface area contributed by atoms with Gasteiger partial charge in [-0.1, -0.05) is 45.9 Å². The van der Waals surface area contributed by atoms with E-state index in [-0.39, 0.29) is 55.5 Å². The van der Waals surface area contributed by atoms with E-state index < -0.39 is 29.8 Å². The van der Waals surface area contributed by atoms with Crippen LogP contribution in [-0.4, -0.2) is 80.6 Å². The molecule has 0 fully saturated rings. The summed E-state index contributed by atoms with van der Waals surface area (Å²) in [6, 6.07) is 9.93. The fourth-order valence-corrected chi connectivity index (χ4v) is 5.20. The minimum Gasteiger partial charge on any atom is -0.493 e. The van der Waals surface area contributed by atoms with Crippen LogP contribution in [0.5, 0.6) is 17.2 Å². The van der Waals surface area contributed by atoms with Gasteiger partial charge in [0.05, 0.1) is 31.7 Å². The molecule has 3 N–H and O–H groups in total. The van der Waals surface area contributed by atoms with E-state index in [1.165, 1.54) is 0 Å². The number of nitrogens with zero attached hydrogens (tertiary/aromatic N) is 1. The van der Waals surface area contributed by atoms with Gasteiger partial charge in [-0.2, -0.15) is 0 Å². The summed E-state index contributed by atoms with van der Waals surface area (Å²) in [6.45, 7) is 10.4. The predicted octanol–water partition coefficient (Wildman–Crippen LogP) is 3.48. The maximum atomic E-state index is 13.7. The van der Waals surface area contributed by atoms with Gasteiger partial charge in [0, 0.05) is 7.05 Å². The van der Waals surface area contributed by atoms with Crippen LogP contribution in [0.2, 0.25) is 0 Å². The monoisotopic (exact) mass is 624 g/mol. The molecule has 1 aliphatic rings. The summed E-state index contributed by atoms with van der Waals surface area (Å²) in [5.41, 5.74) is 1.24. The molecule has 0 saturated heterocycles. The highest BCUT2D eigenvalue weighted by Crippen LogP contribution is 2.27. The second-order valence-electron chi connectivity index (χ2n) is 12.3. The lowest BCUT2D eigenvalue weighted by Crippen LogP contribution is -2.55. The Morgan fingerprint density at radius 3 is 2.42 bits per heavy atom. The Morgan fingerprint density at radius 2 is 1.73 bits per heavy atom. The molecular weight excluding hydrogens is 576 g/mol. The van der Waals surface area contributed by atoms with E-state index in [0.29, 0.717) is 30.1 Å². The van der Waals surface area contributed by atoms with Crippen molar-refractivity contribution in [2.24, 2.45) is 11.8 Å². The number of carbonyl (C=O) groups is 4. The maximum Gasteiger partial charge on any atom is 0.255 e. The molecule has 0 aromatic heterocycles. The van der Waals surface area contributed by atoms with Crippen molar-refractivity contribution in [3.8, 4) is 17.2 Å². The third-order valence-corrected chi connectivity index (χ3v) is 7.53. The highest BCUT2D eigenvalue weighted by molar-refractivity contribution is 6.01. The van der Waals surface area contributed by atoms with Crippen LogP contribution in [0.4, 0.5) is 0 Å². The van der Waals surface area contributed by atoms with Gasteiger partial charge < -0.3 is 35.1 Å². The van der Waals surface area contributed by atoms with E-state index >= 15 is 0 Å². The lowest BCUT2D eigenvalue weighted by atomic mass is 9.99. The first kappa shape index (κ1) is 35.2. The van der Waals surface area contributed by atoms with Crippen molar-refractivity contribution >= 4 is 23.6 Å². The van der Waals surface area contributed by atoms with E-state index in [1.807, 2.05) is 32.9 Å². The van der Waals surface area contributed by atoms with Crippen LogP contribution >= 0.6 is 0 Å². The number of aryl methyl sites for hydroxylation is 1. The summed E-state index contributed by atoms with van der Waals surface area (Å²) in [5, 5.41) is 8.30. The van der Waals surface area contributed by atoms with Gasteiger partial charge in [-0.05, 0) is 61.4 Å². The van der Waals surface area contributed by atoms with E-state index in [2.05, 4.69) is 29.8 Å². The Hall–Kier alpha value is -4.28. The number of likely N-dealkylation sites (N-methyl/N-ethyl adjacent to an activating group) is 1. The summed E-state index contributed by atoms with van der Waals surface area (Å²) in [6.07, 6.45) is 0.714. The van der Waals surface area contributed by atoms with Gasteiger partial charge in [0.15, 0.2) is 11.5 Å². The highest BCUT2D eigenvalue weighted by atomic mass is 16.5. The molecule has 0 saturated carbocycles. The van der Waals surface area contributed by atoms with Gasteiger partial charge >= 0.3 is 0 Å². The molecule has 0 spiro atoms. The standard InChI is InChI=1S/C34H48N4O7/c1-21(2)16-24-20-45-28-11-9-8-10-25(28)32(40)37-26(19-31(39)36-27(17-22(3)4)34(42)38(24)6)33(41)35-14-15-44-29-13-12-23(5)18-30(29)43-7/h8-13,18,21-22,24,26-27H,14-17,19-20H2,1-7H3,(H,35,41)(H,36,39)(H,37,40)/t24-,26+,27-/m1/s1. The Bertz CT molecular complexity index is 1330. The number of hydrogen-bond acceptors (Lipinski definition) is 7. The molecule has 1 aliphatic heterocycles. The van der Waals surface area contributed by atoms with E-state index in [4.69, 9.17) is 14.2 Å². The number of benzene rings is 2. The number of para-hydroxylation sites is 1. The molecular formula is C34H48N4O7. The van der Waals surface area contributed by atoms with E-state index in [1.54, 1.807) is 49.4 Å². The first-order chi connectivity index (χ1) is 21.4. The summed E-state index contributed by atoms with van der Waals surface area (Å²) in [5.74, 6) is -0.0634. The number of ether oxygens (including phenoxy) is 3. The molecule has 0 bridgehead atoms. The molecule has 0 radical (unpaired) electrons. The van der Waals surface area contributed by atoms with Crippen LogP contribution in [0.25, 0.3) is 0 Å². The number of rotatable bonds is 10. The molecule has 3 rings (SSSR count). The molecule has 45 heavy (non-hydrogen) atoms. The van der Waals surface area contributed by atoms with Crippen LogP contribution < -0.4 is 30.2 Å². The van der Waals surface area contributed by atoms with Gasteiger partial charge in [-0.3, -0.25) is 19.2 Å². The summed E-state index contributed by atoms with van der Waals surface area (Å²) >= 11 is 0. The smallest absolute Gasteiger partial charge is 0.255 e. The Labute approximate surface area is 266 Å². The second kappa shape index (κ2) is 16.7. The Kier molecular flexibility index (Phi) is 13.1. The molecule has 11 nitrogen and oxygen atoms in total. The lowest BCUT2D eigenvalue weighted by Gasteiger charge is -2.33. The number of carbonyl (C=O) groups excluding carboxylic acids is 4. The Balaban J connectivity index is 1.84. The van der Waals surface area contributed by atoms with Crippen molar-refractivity contribution < 1.29 is 33.4 Å². The minimum absolute atomic E-state index is 0.111. The van der Waals surface area contributed by atoms with Gasteiger partial charge in [0.2, 0.25) is 17.7 Å². The normalized spacial score (nSPS) is 19.6. The molecule has 0 aliphatic carbocycles. The molecule has 1 heterocycles. The van der Waals surface area contributed by atoms with Crippen molar-refractivity contribution in [3.63, 3.8) is 0 Å². The minimum atomic E-state index is -1.22. The van der Waals surface area contributed by atoms with Crippen LogP contribution in [0.1, 0.15) is 62.9 Å². The van der Waals surface area contributed by atoms with Crippen molar-refractivity contribution in [1.82, 2.24) is 20.9 Å². The average molecular weight is 625 g/mol. The van der Waals surface area contributed by atoms with Gasteiger partial charge in [0.1, 0.15) is 31.0 Å². The largest absolute Gasteiger partial charge is 0.493 e. The van der Waals surface area contributed by atoms with Crippen LogP contribution in [-0.2, 0) is 14.4 Å². The SMILES string of the molecule is COc1cc(C)ccc1OCCNC(=O)[C@@H]1CC(=O)N[C@H](CC(C)C)C(=O)N(C)[C@H](CC(C)C)COc2ccccc2C(=O)N1. The number of fused-ring (bicyclic) bond motifs is 1. The number of nitrogens with one attached hydrogen (secondary N) is 3. The van der Waals surface area contributed by atoms with Gasteiger partial charge in [-0.25, -0.2) is 0 Å². The molecule has 0 unspecified atom stereocenters. The zero-order valence-corrected chi connectivity index (χ0v) is 27.5. The molecule has 246 valence electrons. The third kappa shape index (κ3) is 10.4. The Morgan fingerprint density at radius 1 is 1.02 bits per heavy atom. The maximum absolute atomic E-state index is 13.7. The zero-order chi connectivity index (χ0) is 33.1. The quantitative estimate of drug-likeness (QED) is 0.345. The topological polar surface area (TPSA) is 135 Å². The average Bonchev–Trinajstić information content (AvgIpc) is 2.99. The van der Waals surface area contributed by atoms with Gasteiger partial charge in [0.25, 0.3) is 5.91 Å². The first-order valence-electron chi connectivity index (χ1n) is 15.5. The fraction of sp³-hybridized carbons (Fsp3) is 0.529.